The van der Waals surface area contributed by atoms with Crippen LogP contribution in [0.15, 0.2) is 30.5 Å². The number of alkyl halides is 3. The van der Waals surface area contributed by atoms with Crippen LogP contribution in [0, 0.1) is 17.7 Å². The van der Waals surface area contributed by atoms with Crippen LogP contribution in [-0.2, 0) is 0 Å². The number of benzene rings is 1. The Morgan fingerprint density at radius 3 is 2.66 bits per heavy atom. The number of hydrogen-bond acceptors (Lipinski definition) is 7. The van der Waals surface area contributed by atoms with E-state index >= 15 is 0 Å². The molecule has 0 saturated heterocycles. The molecule has 2 aromatic heterocycles. The summed E-state index contributed by atoms with van der Waals surface area (Å²) in [5, 5.41) is 24.5. The second-order valence-corrected chi connectivity index (χ2v) is 5.11. The molecule has 3 rings (SSSR count). The van der Waals surface area contributed by atoms with Gasteiger partial charge in [-0.2, -0.15) is 5.10 Å². The Morgan fingerprint density at radius 1 is 1.17 bits per heavy atom. The molecule has 9 nitrogen and oxygen atoms in total. The minimum atomic E-state index is -5.05. The molecule has 1 aromatic carbocycles. The Hall–Kier alpha value is -4.21. The zero-order chi connectivity index (χ0) is 21.0. The van der Waals surface area contributed by atoms with Gasteiger partial charge in [0.2, 0.25) is 5.69 Å². The molecule has 0 aliphatic carbocycles. The Balaban J connectivity index is 1.95. The number of nitrogens with one attached hydrogen (secondary N) is 1. The number of aromatic carboxylic acids is 1. The predicted octanol–water partition coefficient (Wildman–Crippen LogP) is 2.52. The summed E-state index contributed by atoms with van der Waals surface area (Å²) in [5.74, 6) is 1.14. The molecule has 13 heteroatoms. The van der Waals surface area contributed by atoms with Gasteiger partial charge in [0.25, 0.3) is 5.88 Å². The van der Waals surface area contributed by atoms with Crippen molar-refractivity contribution in [3.8, 4) is 29.2 Å². The van der Waals surface area contributed by atoms with Gasteiger partial charge >= 0.3 is 12.3 Å². The van der Waals surface area contributed by atoms with Gasteiger partial charge in [0.1, 0.15) is 23.0 Å². The third-order valence-corrected chi connectivity index (χ3v) is 3.07. The first-order chi connectivity index (χ1) is 13.7. The van der Waals surface area contributed by atoms with Crippen molar-refractivity contribution in [2.45, 2.75) is 6.36 Å². The van der Waals surface area contributed by atoms with Crippen LogP contribution in [0.3, 0.4) is 0 Å². The second kappa shape index (κ2) is 7.80. The third-order valence-electron chi connectivity index (χ3n) is 3.07. The molecule has 0 saturated carbocycles. The van der Waals surface area contributed by atoms with E-state index in [1.54, 1.807) is 0 Å². The maximum absolute atomic E-state index is 13.1. The lowest BCUT2D eigenvalue weighted by Gasteiger charge is -2.12. The first kappa shape index (κ1) is 19.5. The van der Waals surface area contributed by atoms with Crippen molar-refractivity contribution in [3.05, 3.63) is 53.2 Å². The van der Waals surface area contributed by atoms with E-state index in [-0.39, 0.29) is 17.0 Å². The topological polar surface area (TPSA) is 123 Å². The number of ether oxygens (including phenoxy) is 2. The quantitative estimate of drug-likeness (QED) is 0.498. The Kier molecular flexibility index (Phi) is 5.26. The zero-order valence-electron chi connectivity index (χ0n) is 13.9. The SMILES string of the molecule is O=C(O)c1[nH]nnc1Oc1ccc(C#Cc2cc(F)cnn2)c(OC(F)(F)F)c1. The van der Waals surface area contributed by atoms with Crippen LogP contribution in [0.5, 0.6) is 17.4 Å². The van der Waals surface area contributed by atoms with Crippen molar-refractivity contribution in [1.82, 2.24) is 25.6 Å². The number of H-pyrrole nitrogens is 1. The van der Waals surface area contributed by atoms with E-state index in [1.807, 2.05) is 0 Å². The minimum absolute atomic E-state index is 0.114. The van der Waals surface area contributed by atoms with Gasteiger partial charge in [0.05, 0.1) is 11.8 Å². The molecular formula is C16H7F4N5O4. The Bertz CT molecular complexity index is 1120. The van der Waals surface area contributed by atoms with Crippen LogP contribution < -0.4 is 9.47 Å². The molecule has 0 radical (unpaired) electrons. The number of carbonyl (C=O) groups is 1. The van der Waals surface area contributed by atoms with Gasteiger partial charge < -0.3 is 14.6 Å². The van der Waals surface area contributed by atoms with Gasteiger partial charge in [-0.15, -0.1) is 18.3 Å². The van der Waals surface area contributed by atoms with E-state index in [0.717, 1.165) is 24.4 Å². The van der Waals surface area contributed by atoms with Gasteiger partial charge in [-0.25, -0.2) is 14.3 Å². The number of carboxylic acid groups (broad SMARTS) is 1. The van der Waals surface area contributed by atoms with Gasteiger partial charge in [-0.1, -0.05) is 16.2 Å². The highest BCUT2D eigenvalue weighted by Crippen LogP contribution is 2.32. The lowest BCUT2D eigenvalue weighted by atomic mass is 10.2. The van der Waals surface area contributed by atoms with Crippen molar-refractivity contribution >= 4 is 5.97 Å². The summed E-state index contributed by atoms with van der Waals surface area (Å²) in [5.41, 5.74) is -0.840. The van der Waals surface area contributed by atoms with Crippen molar-refractivity contribution in [2.24, 2.45) is 0 Å². The zero-order valence-corrected chi connectivity index (χ0v) is 13.9. The number of hydrogen-bond donors (Lipinski definition) is 2. The van der Waals surface area contributed by atoms with Gasteiger partial charge in [0.15, 0.2) is 0 Å². The summed E-state index contributed by atoms with van der Waals surface area (Å²) in [7, 11) is 0. The van der Waals surface area contributed by atoms with Crippen LogP contribution >= 0.6 is 0 Å². The summed E-state index contributed by atoms with van der Waals surface area (Å²) in [4.78, 5) is 11.0. The number of carboxylic acids is 1. The molecule has 0 aliphatic rings. The van der Waals surface area contributed by atoms with E-state index in [0.29, 0.717) is 0 Å². The summed E-state index contributed by atoms with van der Waals surface area (Å²) < 4.78 is 60.4. The molecule has 0 spiro atoms. The summed E-state index contributed by atoms with van der Waals surface area (Å²) >= 11 is 0. The summed E-state index contributed by atoms with van der Waals surface area (Å²) in [6.45, 7) is 0. The van der Waals surface area contributed by atoms with Gasteiger partial charge in [0, 0.05) is 12.1 Å². The number of aromatic amines is 1. The van der Waals surface area contributed by atoms with Crippen molar-refractivity contribution < 1.29 is 36.9 Å². The summed E-state index contributed by atoms with van der Waals surface area (Å²) in [6.07, 6.45) is -4.21. The van der Waals surface area contributed by atoms with Crippen LogP contribution in [0.25, 0.3) is 0 Å². The maximum Gasteiger partial charge on any atom is 0.573 e. The van der Waals surface area contributed by atoms with Crippen molar-refractivity contribution in [3.63, 3.8) is 0 Å². The second-order valence-electron chi connectivity index (χ2n) is 5.11. The fourth-order valence-electron chi connectivity index (χ4n) is 1.95. The minimum Gasteiger partial charge on any atom is -0.476 e. The molecule has 0 unspecified atom stereocenters. The molecule has 0 amide bonds. The summed E-state index contributed by atoms with van der Waals surface area (Å²) in [6, 6.07) is 4.09. The predicted molar refractivity (Wildman–Crippen MR) is 84.5 cm³/mol. The molecule has 0 aliphatic heterocycles. The molecule has 0 bridgehead atoms. The Morgan fingerprint density at radius 2 is 1.97 bits per heavy atom. The smallest absolute Gasteiger partial charge is 0.476 e. The fourth-order valence-corrected chi connectivity index (χ4v) is 1.95. The normalized spacial score (nSPS) is 10.8. The van der Waals surface area contributed by atoms with Crippen LogP contribution in [0.1, 0.15) is 21.7 Å². The first-order valence-electron chi connectivity index (χ1n) is 7.43. The van der Waals surface area contributed by atoms with E-state index in [4.69, 9.17) is 9.84 Å². The van der Waals surface area contributed by atoms with Gasteiger partial charge in [-0.05, 0) is 18.1 Å². The molecule has 148 valence electrons. The number of nitrogens with zero attached hydrogens (tertiary/aromatic N) is 4. The molecular weight excluding hydrogens is 402 g/mol. The molecule has 0 fully saturated rings. The molecule has 2 N–H and O–H groups in total. The maximum atomic E-state index is 13.1. The monoisotopic (exact) mass is 409 g/mol. The van der Waals surface area contributed by atoms with Gasteiger partial charge in [-0.3, -0.25) is 0 Å². The lowest BCUT2D eigenvalue weighted by Crippen LogP contribution is -2.17. The third kappa shape index (κ3) is 5.16. The number of rotatable bonds is 4. The average molecular weight is 409 g/mol. The number of halogens is 4. The first-order valence-corrected chi connectivity index (χ1v) is 7.43. The van der Waals surface area contributed by atoms with Crippen LogP contribution in [-0.4, -0.2) is 43.0 Å². The van der Waals surface area contributed by atoms with E-state index < -0.39 is 35.5 Å². The lowest BCUT2D eigenvalue weighted by molar-refractivity contribution is -0.274. The van der Waals surface area contributed by atoms with Crippen molar-refractivity contribution in [2.75, 3.05) is 0 Å². The van der Waals surface area contributed by atoms with Crippen LogP contribution in [0.4, 0.5) is 17.6 Å². The highest BCUT2D eigenvalue weighted by atomic mass is 19.4. The van der Waals surface area contributed by atoms with E-state index in [2.05, 4.69) is 42.2 Å². The highest BCUT2D eigenvalue weighted by Gasteiger charge is 2.32. The molecule has 29 heavy (non-hydrogen) atoms. The highest BCUT2D eigenvalue weighted by molar-refractivity contribution is 5.87. The van der Waals surface area contributed by atoms with Crippen LogP contribution in [0.2, 0.25) is 0 Å². The average Bonchev–Trinajstić information content (AvgIpc) is 3.08. The molecule has 0 atom stereocenters. The van der Waals surface area contributed by atoms with E-state index in [1.165, 1.54) is 6.07 Å². The standard InChI is InChI=1S/C16H7F4N5O4/c17-9-5-10(22-21-7-9)3-1-8-2-4-11(6-12(8)29-16(18,19)20)28-14-13(15(26)27)23-25-24-14/h2,4-7H,(H,26,27)(H,23,24,25). The fraction of sp³-hybridized carbons (Fsp3) is 0.0625. The molecule has 2 heterocycles. The Labute approximate surface area is 158 Å². The van der Waals surface area contributed by atoms with Crippen molar-refractivity contribution in [1.29, 1.82) is 0 Å². The van der Waals surface area contributed by atoms with E-state index in [9.17, 15) is 22.4 Å². The largest absolute Gasteiger partial charge is 0.573 e. The molecule has 3 aromatic rings. The number of aromatic nitrogens is 5.